The molecule has 5 heteroatoms. The standard InChI is InChI=1S/C32H43NO3Si/c1-8-32(7,27-18-12-9-13-19-27)36-30(34)33(26(2)3)24-25-35-37(31(4,5)6,28-20-14-10-15-21-28)29-22-16-11-17-23-29/h9-23,26H,8,24-25H2,1-7H3/t32-/m1/s1. The van der Waals surface area contributed by atoms with Gasteiger partial charge in [0.2, 0.25) is 0 Å². The lowest BCUT2D eigenvalue weighted by Gasteiger charge is -2.43. The van der Waals surface area contributed by atoms with Crippen LogP contribution in [-0.2, 0) is 14.8 Å². The third-order valence-electron chi connectivity index (χ3n) is 7.30. The smallest absolute Gasteiger partial charge is 0.410 e. The second-order valence-electron chi connectivity index (χ2n) is 11.1. The van der Waals surface area contributed by atoms with Crippen LogP contribution in [0.5, 0.6) is 0 Å². The summed E-state index contributed by atoms with van der Waals surface area (Å²) in [7, 11) is -2.67. The van der Waals surface area contributed by atoms with Crippen molar-refractivity contribution in [1.29, 1.82) is 0 Å². The van der Waals surface area contributed by atoms with E-state index in [2.05, 4.69) is 69.3 Å². The summed E-state index contributed by atoms with van der Waals surface area (Å²) in [6.07, 6.45) is 0.377. The van der Waals surface area contributed by atoms with Crippen LogP contribution in [0.15, 0.2) is 91.0 Å². The number of hydrogen-bond acceptors (Lipinski definition) is 3. The monoisotopic (exact) mass is 517 g/mol. The Bertz CT molecular complexity index is 1070. The fraction of sp³-hybridized carbons (Fsp3) is 0.406. The molecule has 0 spiro atoms. The van der Waals surface area contributed by atoms with Gasteiger partial charge in [0, 0.05) is 12.6 Å². The molecule has 1 atom stereocenters. The van der Waals surface area contributed by atoms with Gasteiger partial charge < -0.3 is 14.1 Å². The minimum atomic E-state index is -2.67. The Hall–Kier alpha value is -2.89. The van der Waals surface area contributed by atoms with Gasteiger partial charge in [0.05, 0.1) is 6.61 Å². The van der Waals surface area contributed by atoms with Crippen molar-refractivity contribution in [1.82, 2.24) is 4.90 Å². The van der Waals surface area contributed by atoms with Crippen LogP contribution in [0.3, 0.4) is 0 Å². The largest absolute Gasteiger partial charge is 0.438 e. The highest BCUT2D eigenvalue weighted by atomic mass is 28.4. The van der Waals surface area contributed by atoms with E-state index in [0.717, 1.165) is 5.56 Å². The summed E-state index contributed by atoms with van der Waals surface area (Å²) in [5.41, 5.74) is 0.308. The number of amides is 1. The first-order chi connectivity index (χ1) is 17.5. The maximum absolute atomic E-state index is 13.5. The van der Waals surface area contributed by atoms with Crippen LogP contribution in [-0.4, -0.2) is 38.5 Å². The lowest BCUT2D eigenvalue weighted by atomic mass is 9.93. The van der Waals surface area contributed by atoms with Crippen molar-refractivity contribution < 1.29 is 14.0 Å². The molecule has 4 nitrogen and oxygen atoms in total. The van der Waals surface area contributed by atoms with Crippen molar-refractivity contribution in [2.45, 2.75) is 71.6 Å². The first-order valence-electron chi connectivity index (χ1n) is 13.4. The van der Waals surface area contributed by atoms with Gasteiger partial charge in [-0.3, -0.25) is 0 Å². The fourth-order valence-electron chi connectivity index (χ4n) is 5.00. The van der Waals surface area contributed by atoms with Crippen LogP contribution in [0, 0.1) is 0 Å². The number of ether oxygens (including phenoxy) is 1. The molecule has 3 rings (SSSR count). The van der Waals surface area contributed by atoms with Crippen molar-refractivity contribution in [2.75, 3.05) is 13.2 Å². The summed E-state index contributed by atoms with van der Waals surface area (Å²) in [5, 5.41) is 2.34. The van der Waals surface area contributed by atoms with Gasteiger partial charge in [0.1, 0.15) is 5.60 Å². The zero-order valence-electron chi connectivity index (χ0n) is 23.5. The molecule has 3 aromatic carbocycles. The van der Waals surface area contributed by atoms with Crippen LogP contribution in [0.2, 0.25) is 5.04 Å². The maximum Gasteiger partial charge on any atom is 0.410 e. The van der Waals surface area contributed by atoms with Crippen molar-refractivity contribution in [3.05, 3.63) is 96.6 Å². The molecule has 0 aliphatic carbocycles. The zero-order valence-corrected chi connectivity index (χ0v) is 24.5. The lowest BCUT2D eigenvalue weighted by molar-refractivity contribution is -0.0107. The van der Waals surface area contributed by atoms with E-state index >= 15 is 0 Å². The normalized spacial score (nSPS) is 13.7. The van der Waals surface area contributed by atoms with Crippen LogP contribution < -0.4 is 10.4 Å². The fourth-order valence-corrected chi connectivity index (χ4v) is 9.55. The van der Waals surface area contributed by atoms with E-state index in [-0.39, 0.29) is 17.2 Å². The summed E-state index contributed by atoms with van der Waals surface area (Å²) in [5.74, 6) is 0. The van der Waals surface area contributed by atoms with Gasteiger partial charge >= 0.3 is 6.09 Å². The van der Waals surface area contributed by atoms with E-state index in [4.69, 9.17) is 9.16 Å². The van der Waals surface area contributed by atoms with E-state index in [9.17, 15) is 4.79 Å². The summed E-state index contributed by atoms with van der Waals surface area (Å²) in [6.45, 7) is 15.8. The number of rotatable bonds is 10. The molecule has 0 aliphatic heterocycles. The first-order valence-corrected chi connectivity index (χ1v) is 15.3. The van der Waals surface area contributed by atoms with Crippen molar-refractivity contribution in [3.63, 3.8) is 0 Å². The molecule has 1 amide bonds. The van der Waals surface area contributed by atoms with Gasteiger partial charge in [-0.05, 0) is 48.2 Å². The molecule has 0 N–H and O–H groups in total. The average molecular weight is 518 g/mol. The van der Waals surface area contributed by atoms with Crippen LogP contribution in [0.25, 0.3) is 0 Å². The molecule has 0 unspecified atom stereocenters. The number of carbonyl (C=O) groups excluding carboxylic acids is 1. The molecule has 0 radical (unpaired) electrons. The van der Waals surface area contributed by atoms with Gasteiger partial charge in [-0.1, -0.05) is 119 Å². The highest BCUT2D eigenvalue weighted by Gasteiger charge is 2.50. The highest BCUT2D eigenvalue weighted by molar-refractivity contribution is 6.99. The molecule has 0 fully saturated rings. The Morgan fingerprint density at radius 1 is 0.811 bits per heavy atom. The molecule has 0 saturated heterocycles. The maximum atomic E-state index is 13.5. The van der Waals surface area contributed by atoms with Crippen LogP contribution in [0.1, 0.15) is 60.5 Å². The Balaban J connectivity index is 1.87. The Morgan fingerprint density at radius 2 is 1.27 bits per heavy atom. The molecular formula is C32H43NO3Si. The molecular weight excluding hydrogens is 474 g/mol. The second-order valence-corrected chi connectivity index (χ2v) is 15.4. The summed E-state index contributed by atoms with van der Waals surface area (Å²) in [4.78, 5) is 15.3. The minimum absolute atomic E-state index is 0.0212. The number of nitrogens with zero attached hydrogens (tertiary/aromatic N) is 1. The summed E-state index contributed by atoms with van der Waals surface area (Å²) in [6, 6.07) is 31.1. The lowest BCUT2D eigenvalue weighted by Crippen LogP contribution is -2.67. The zero-order chi connectivity index (χ0) is 27.1. The Morgan fingerprint density at radius 3 is 1.68 bits per heavy atom. The van der Waals surface area contributed by atoms with E-state index in [1.54, 1.807) is 4.90 Å². The van der Waals surface area contributed by atoms with Crippen molar-refractivity contribution >= 4 is 24.8 Å². The molecule has 0 heterocycles. The molecule has 37 heavy (non-hydrogen) atoms. The van der Waals surface area contributed by atoms with E-state index in [1.807, 2.05) is 70.2 Å². The molecule has 0 bridgehead atoms. The van der Waals surface area contributed by atoms with Gasteiger partial charge in [-0.15, -0.1) is 0 Å². The van der Waals surface area contributed by atoms with Gasteiger partial charge in [-0.25, -0.2) is 4.79 Å². The molecule has 0 aromatic heterocycles. The Labute approximate surface area is 224 Å². The average Bonchev–Trinajstić information content (AvgIpc) is 2.89. The van der Waals surface area contributed by atoms with Crippen LogP contribution >= 0.6 is 0 Å². The molecule has 0 aliphatic rings. The van der Waals surface area contributed by atoms with E-state index in [0.29, 0.717) is 19.6 Å². The molecule has 0 saturated carbocycles. The third kappa shape index (κ3) is 6.34. The van der Waals surface area contributed by atoms with Crippen LogP contribution in [0.4, 0.5) is 4.79 Å². The summed E-state index contributed by atoms with van der Waals surface area (Å²) >= 11 is 0. The number of carbonyl (C=O) groups is 1. The minimum Gasteiger partial charge on any atom is -0.438 e. The SMILES string of the molecule is CC[C@@](C)(OC(=O)N(CCO[Si](c1ccccc1)(c1ccccc1)C(C)(C)C)C(C)C)c1ccccc1. The van der Waals surface area contributed by atoms with Gasteiger partial charge in [-0.2, -0.15) is 0 Å². The molecule has 198 valence electrons. The van der Waals surface area contributed by atoms with Gasteiger partial charge in [0.15, 0.2) is 0 Å². The summed E-state index contributed by atoms with van der Waals surface area (Å²) < 4.78 is 13.2. The highest BCUT2D eigenvalue weighted by Crippen LogP contribution is 2.37. The van der Waals surface area contributed by atoms with E-state index < -0.39 is 13.9 Å². The predicted molar refractivity (Wildman–Crippen MR) is 156 cm³/mol. The Kier molecular flexibility index (Phi) is 9.38. The van der Waals surface area contributed by atoms with E-state index in [1.165, 1.54) is 10.4 Å². The third-order valence-corrected chi connectivity index (χ3v) is 12.3. The number of hydrogen-bond donors (Lipinski definition) is 0. The second kappa shape index (κ2) is 12.1. The van der Waals surface area contributed by atoms with Gasteiger partial charge in [0.25, 0.3) is 8.32 Å². The topological polar surface area (TPSA) is 38.8 Å². The molecule has 3 aromatic rings. The van der Waals surface area contributed by atoms with Crippen molar-refractivity contribution in [2.24, 2.45) is 0 Å². The van der Waals surface area contributed by atoms with Crippen molar-refractivity contribution in [3.8, 4) is 0 Å². The first kappa shape index (κ1) is 28.7. The number of benzene rings is 3. The predicted octanol–water partition coefficient (Wildman–Crippen LogP) is 6.74. The quantitative estimate of drug-likeness (QED) is 0.280.